The first kappa shape index (κ1) is 17.0. The predicted octanol–water partition coefficient (Wildman–Crippen LogP) is 2.70. The van der Waals surface area contributed by atoms with Gasteiger partial charge in [0.05, 0.1) is 17.1 Å². The van der Waals surface area contributed by atoms with Crippen molar-refractivity contribution in [3.63, 3.8) is 0 Å². The van der Waals surface area contributed by atoms with E-state index in [1.807, 2.05) is 31.2 Å². The van der Waals surface area contributed by atoms with Crippen LogP contribution >= 0.6 is 0 Å². The van der Waals surface area contributed by atoms with Crippen LogP contribution in [0.3, 0.4) is 0 Å². The number of hydrogen-bond donors (Lipinski definition) is 0. The van der Waals surface area contributed by atoms with Crippen molar-refractivity contribution in [2.75, 3.05) is 7.05 Å². The SMILES string of the molecule is C[C@@H](c1ccc(F)cc1)N(C)C(=O)Cn1c(=O)n(C)c2ccccc21. The molecule has 1 atom stereocenters. The molecule has 0 spiro atoms. The fourth-order valence-corrected chi connectivity index (χ4v) is 2.94. The fraction of sp³-hybridized carbons (Fsp3) is 0.263. The molecule has 1 aromatic heterocycles. The molecule has 0 unspecified atom stereocenters. The molecule has 0 N–H and O–H groups in total. The van der Waals surface area contributed by atoms with Crippen molar-refractivity contribution in [3.05, 3.63) is 70.4 Å². The Morgan fingerprint density at radius 1 is 1.12 bits per heavy atom. The monoisotopic (exact) mass is 341 g/mol. The minimum absolute atomic E-state index is 0.0395. The van der Waals surface area contributed by atoms with Gasteiger partial charge in [0.2, 0.25) is 5.91 Å². The number of likely N-dealkylation sites (N-methyl/N-ethyl adjacent to an activating group) is 1. The smallest absolute Gasteiger partial charge is 0.329 e. The van der Waals surface area contributed by atoms with Gasteiger partial charge >= 0.3 is 5.69 Å². The van der Waals surface area contributed by atoms with Crippen molar-refractivity contribution in [1.29, 1.82) is 0 Å². The third kappa shape index (κ3) is 3.07. The van der Waals surface area contributed by atoms with Crippen molar-refractivity contribution < 1.29 is 9.18 Å². The highest BCUT2D eigenvalue weighted by molar-refractivity contribution is 5.81. The summed E-state index contributed by atoms with van der Waals surface area (Å²) in [5, 5.41) is 0. The number of carbonyl (C=O) groups excluding carboxylic acids is 1. The molecule has 0 aliphatic heterocycles. The summed E-state index contributed by atoms with van der Waals surface area (Å²) < 4.78 is 16.1. The van der Waals surface area contributed by atoms with E-state index < -0.39 is 0 Å². The third-order valence-electron chi connectivity index (χ3n) is 4.67. The zero-order valence-corrected chi connectivity index (χ0v) is 14.4. The number of aryl methyl sites for hydroxylation is 1. The van der Waals surface area contributed by atoms with Crippen LogP contribution in [0.4, 0.5) is 4.39 Å². The highest BCUT2D eigenvalue weighted by Gasteiger charge is 2.20. The minimum Gasteiger partial charge on any atom is -0.337 e. The number of para-hydroxylation sites is 2. The standard InChI is InChI=1S/C19H20FN3O2/c1-13(14-8-10-15(20)11-9-14)21(2)18(24)12-23-17-7-5-4-6-16(17)22(3)19(23)25/h4-11,13H,12H2,1-3H3/t13-/m0/s1. The van der Waals surface area contributed by atoms with E-state index in [4.69, 9.17) is 0 Å². The van der Waals surface area contributed by atoms with Crippen LogP contribution in [0.2, 0.25) is 0 Å². The predicted molar refractivity (Wildman–Crippen MR) is 94.8 cm³/mol. The number of amides is 1. The molecule has 1 amide bonds. The second-order valence-electron chi connectivity index (χ2n) is 6.15. The van der Waals surface area contributed by atoms with Gasteiger partial charge in [-0.25, -0.2) is 9.18 Å². The normalized spacial score (nSPS) is 12.3. The maximum absolute atomic E-state index is 13.1. The van der Waals surface area contributed by atoms with E-state index >= 15 is 0 Å². The lowest BCUT2D eigenvalue weighted by Gasteiger charge is -2.25. The summed E-state index contributed by atoms with van der Waals surface area (Å²) in [7, 11) is 3.38. The Hall–Kier alpha value is -2.89. The van der Waals surface area contributed by atoms with E-state index in [2.05, 4.69) is 0 Å². The van der Waals surface area contributed by atoms with Gasteiger partial charge in [0.1, 0.15) is 12.4 Å². The molecule has 0 saturated heterocycles. The maximum atomic E-state index is 13.1. The van der Waals surface area contributed by atoms with Crippen LogP contribution in [0.25, 0.3) is 11.0 Å². The molecule has 130 valence electrons. The van der Waals surface area contributed by atoms with Crippen LogP contribution in [0, 0.1) is 5.82 Å². The van der Waals surface area contributed by atoms with Crippen LogP contribution in [-0.4, -0.2) is 27.0 Å². The van der Waals surface area contributed by atoms with Crippen LogP contribution in [-0.2, 0) is 18.4 Å². The molecule has 0 aliphatic carbocycles. The van der Waals surface area contributed by atoms with E-state index in [1.165, 1.54) is 21.3 Å². The molecule has 0 bridgehead atoms. The summed E-state index contributed by atoms with van der Waals surface area (Å²) in [5.74, 6) is -0.498. The maximum Gasteiger partial charge on any atom is 0.329 e. The van der Waals surface area contributed by atoms with Gasteiger partial charge in [0.25, 0.3) is 0 Å². The molecular formula is C19H20FN3O2. The summed E-state index contributed by atoms with van der Waals surface area (Å²) in [6.07, 6.45) is 0. The zero-order valence-electron chi connectivity index (χ0n) is 14.4. The van der Waals surface area contributed by atoms with Crippen molar-refractivity contribution in [3.8, 4) is 0 Å². The summed E-state index contributed by atoms with van der Waals surface area (Å²) in [4.78, 5) is 26.7. The molecule has 3 aromatic rings. The summed E-state index contributed by atoms with van der Waals surface area (Å²) in [6, 6.07) is 13.2. The van der Waals surface area contributed by atoms with Gasteiger partial charge < -0.3 is 4.90 Å². The average Bonchev–Trinajstić information content (AvgIpc) is 2.86. The van der Waals surface area contributed by atoms with Gasteiger partial charge in [-0.05, 0) is 36.8 Å². The largest absolute Gasteiger partial charge is 0.337 e. The van der Waals surface area contributed by atoms with Crippen LogP contribution < -0.4 is 5.69 Å². The molecule has 1 heterocycles. The molecule has 0 fully saturated rings. The Labute approximate surface area is 144 Å². The van der Waals surface area contributed by atoms with E-state index in [9.17, 15) is 14.0 Å². The van der Waals surface area contributed by atoms with Crippen LogP contribution in [0.5, 0.6) is 0 Å². The van der Waals surface area contributed by atoms with Crippen molar-refractivity contribution in [2.24, 2.45) is 7.05 Å². The van der Waals surface area contributed by atoms with Crippen molar-refractivity contribution in [2.45, 2.75) is 19.5 Å². The highest BCUT2D eigenvalue weighted by Crippen LogP contribution is 2.20. The lowest BCUT2D eigenvalue weighted by atomic mass is 10.1. The molecule has 2 aromatic carbocycles. The number of rotatable bonds is 4. The van der Waals surface area contributed by atoms with Gasteiger partial charge in [-0.15, -0.1) is 0 Å². The molecule has 0 saturated carbocycles. The second kappa shape index (κ2) is 6.55. The molecule has 3 rings (SSSR count). The number of fused-ring (bicyclic) bond motifs is 1. The lowest BCUT2D eigenvalue weighted by molar-refractivity contribution is -0.132. The first-order chi connectivity index (χ1) is 11.9. The van der Waals surface area contributed by atoms with E-state index in [0.29, 0.717) is 0 Å². The number of carbonyl (C=O) groups is 1. The Kier molecular flexibility index (Phi) is 4.44. The number of nitrogens with zero attached hydrogens (tertiary/aromatic N) is 3. The highest BCUT2D eigenvalue weighted by atomic mass is 19.1. The van der Waals surface area contributed by atoms with E-state index in [1.54, 1.807) is 31.1 Å². The van der Waals surface area contributed by atoms with E-state index in [0.717, 1.165) is 16.6 Å². The van der Waals surface area contributed by atoms with Crippen molar-refractivity contribution in [1.82, 2.24) is 14.0 Å². The molecule has 0 aliphatic rings. The van der Waals surface area contributed by atoms with Gasteiger partial charge in [-0.1, -0.05) is 24.3 Å². The Morgan fingerprint density at radius 2 is 1.72 bits per heavy atom. The summed E-state index contributed by atoms with van der Waals surface area (Å²) >= 11 is 0. The fourth-order valence-electron chi connectivity index (χ4n) is 2.94. The quantitative estimate of drug-likeness (QED) is 0.732. The lowest BCUT2D eigenvalue weighted by Crippen LogP contribution is -2.35. The van der Waals surface area contributed by atoms with Crippen LogP contribution in [0.15, 0.2) is 53.3 Å². The van der Waals surface area contributed by atoms with Gasteiger partial charge in [-0.3, -0.25) is 13.9 Å². The van der Waals surface area contributed by atoms with Crippen molar-refractivity contribution >= 4 is 16.9 Å². The molecule has 0 radical (unpaired) electrons. The van der Waals surface area contributed by atoms with Gasteiger partial charge in [0, 0.05) is 14.1 Å². The number of aromatic nitrogens is 2. The number of halogens is 1. The summed E-state index contributed by atoms with van der Waals surface area (Å²) in [5.41, 5.74) is 2.13. The molecule has 5 nitrogen and oxygen atoms in total. The minimum atomic E-state index is -0.313. The first-order valence-corrected chi connectivity index (χ1v) is 8.05. The Balaban J connectivity index is 1.86. The summed E-state index contributed by atoms with van der Waals surface area (Å²) in [6.45, 7) is 1.83. The van der Waals surface area contributed by atoms with Gasteiger partial charge in [-0.2, -0.15) is 0 Å². The zero-order chi connectivity index (χ0) is 18.1. The van der Waals surface area contributed by atoms with Gasteiger partial charge in [0.15, 0.2) is 0 Å². The average molecular weight is 341 g/mol. The number of imidazole rings is 1. The number of benzene rings is 2. The first-order valence-electron chi connectivity index (χ1n) is 8.05. The third-order valence-corrected chi connectivity index (χ3v) is 4.67. The second-order valence-corrected chi connectivity index (χ2v) is 6.15. The molecule has 6 heteroatoms. The van der Waals surface area contributed by atoms with Crippen LogP contribution in [0.1, 0.15) is 18.5 Å². The van der Waals surface area contributed by atoms with E-state index in [-0.39, 0.29) is 30.0 Å². The molecular weight excluding hydrogens is 321 g/mol. The Morgan fingerprint density at radius 3 is 2.36 bits per heavy atom. The molecule has 25 heavy (non-hydrogen) atoms. The Bertz CT molecular complexity index is 972. The number of hydrogen-bond acceptors (Lipinski definition) is 2. The topological polar surface area (TPSA) is 47.2 Å².